The van der Waals surface area contributed by atoms with Crippen LogP contribution in [0.4, 0.5) is 5.69 Å². The van der Waals surface area contributed by atoms with E-state index in [1.54, 1.807) is 54.6 Å². The Morgan fingerprint density at radius 1 is 0.848 bits per heavy atom. The largest absolute Gasteiger partial charge is 0.350 e. The first kappa shape index (κ1) is 35.5. The van der Waals surface area contributed by atoms with Crippen LogP contribution in [0.5, 0.6) is 0 Å². The number of amides is 2. The number of aryl methyl sites for hydroxylation is 1. The summed E-state index contributed by atoms with van der Waals surface area (Å²) in [6.07, 6.45) is 0.192. The van der Waals surface area contributed by atoms with Gasteiger partial charge in [0.2, 0.25) is 11.8 Å². The maximum absolute atomic E-state index is 14.6. The van der Waals surface area contributed by atoms with Crippen molar-refractivity contribution in [3.05, 3.63) is 128 Å². The van der Waals surface area contributed by atoms with Crippen LogP contribution in [0.2, 0.25) is 10.0 Å². The van der Waals surface area contributed by atoms with Crippen LogP contribution in [-0.4, -0.2) is 43.3 Å². The number of halogens is 3. The van der Waals surface area contributed by atoms with Gasteiger partial charge in [0.15, 0.2) is 0 Å². The predicted molar refractivity (Wildman–Crippen MR) is 189 cm³/mol. The Balaban J connectivity index is 1.83. The van der Waals surface area contributed by atoms with Gasteiger partial charge in [0.25, 0.3) is 10.0 Å². The number of anilines is 1. The van der Waals surface area contributed by atoms with Gasteiger partial charge in [-0.3, -0.25) is 13.9 Å². The monoisotopic (exact) mass is 743 g/mol. The zero-order valence-corrected chi connectivity index (χ0v) is 29.9. The fourth-order valence-corrected chi connectivity index (χ4v) is 6.95. The second kappa shape index (κ2) is 15.0. The number of nitrogens with one attached hydrogen (secondary N) is 1. The van der Waals surface area contributed by atoms with E-state index in [-0.39, 0.29) is 29.5 Å². The number of rotatable bonds is 11. The van der Waals surface area contributed by atoms with Crippen LogP contribution in [0.25, 0.3) is 0 Å². The Morgan fingerprint density at radius 2 is 1.52 bits per heavy atom. The molecule has 4 aromatic rings. The second-order valence-electron chi connectivity index (χ2n) is 12.0. The molecule has 242 valence electrons. The second-order valence-corrected chi connectivity index (χ2v) is 15.6. The summed E-state index contributed by atoms with van der Waals surface area (Å²) in [7, 11) is -4.21. The first-order chi connectivity index (χ1) is 21.6. The van der Waals surface area contributed by atoms with Crippen LogP contribution in [0.15, 0.2) is 106 Å². The molecule has 4 rings (SSSR count). The minimum atomic E-state index is -4.21. The Morgan fingerprint density at radius 3 is 2.13 bits per heavy atom. The van der Waals surface area contributed by atoms with Crippen molar-refractivity contribution in [1.82, 2.24) is 10.2 Å². The normalized spacial score (nSPS) is 12.3. The van der Waals surface area contributed by atoms with Crippen LogP contribution in [-0.2, 0) is 32.6 Å². The van der Waals surface area contributed by atoms with Gasteiger partial charge < -0.3 is 10.2 Å². The average Bonchev–Trinajstić information content (AvgIpc) is 2.99. The maximum atomic E-state index is 14.6. The van der Waals surface area contributed by atoms with Gasteiger partial charge in [0, 0.05) is 23.0 Å². The molecule has 2 amide bonds. The van der Waals surface area contributed by atoms with E-state index < -0.39 is 34.1 Å². The summed E-state index contributed by atoms with van der Waals surface area (Å²) in [5.41, 5.74) is 2.04. The summed E-state index contributed by atoms with van der Waals surface area (Å²) in [6.45, 7) is 6.85. The third-order valence-electron chi connectivity index (χ3n) is 7.09. The Kier molecular flexibility index (Phi) is 11.6. The Bertz CT molecular complexity index is 1800. The van der Waals surface area contributed by atoms with E-state index in [1.807, 2.05) is 58.0 Å². The first-order valence-electron chi connectivity index (χ1n) is 14.6. The lowest BCUT2D eigenvalue weighted by Gasteiger charge is -2.35. The van der Waals surface area contributed by atoms with Gasteiger partial charge in [-0.2, -0.15) is 0 Å². The van der Waals surface area contributed by atoms with Crippen LogP contribution < -0.4 is 9.62 Å². The molecule has 0 saturated carbocycles. The highest BCUT2D eigenvalue weighted by Gasteiger charge is 2.35. The van der Waals surface area contributed by atoms with E-state index >= 15 is 0 Å². The summed E-state index contributed by atoms with van der Waals surface area (Å²) < 4.78 is 30.0. The van der Waals surface area contributed by atoms with Gasteiger partial charge in [-0.15, -0.1) is 0 Å². The quantitative estimate of drug-likeness (QED) is 0.170. The molecule has 0 spiro atoms. The third kappa shape index (κ3) is 9.35. The fraction of sp³-hybridized carbons (Fsp3) is 0.257. The number of hydrogen-bond donors (Lipinski definition) is 1. The van der Waals surface area contributed by atoms with Crippen molar-refractivity contribution in [2.45, 2.75) is 57.1 Å². The number of hydrogen-bond acceptors (Lipinski definition) is 4. The number of carbonyl (C=O) groups excluding carboxylic acids is 2. The summed E-state index contributed by atoms with van der Waals surface area (Å²) >= 11 is 16.0. The molecule has 0 unspecified atom stereocenters. The van der Waals surface area contributed by atoms with E-state index in [2.05, 4.69) is 21.2 Å². The lowest BCUT2D eigenvalue weighted by molar-refractivity contribution is -0.140. The molecule has 11 heteroatoms. The standard InChI is InChI=1S/C35H36BrCl2N3O4S/c1-24-13-16-29(17-14-24)46(44,45)41(28-12-8-11-27(36)21-28)23-33(42)40(22-26-15-18-30(37)31(38)19-26)32(34(43)39-35(2,3)4)20-25-9-6-5-7-10-25/h5-19,21,32H,20,22-23H2,1-4H3,(H,39,43)/t32-/m1/s1. The third-order valence-corrected chi connectivity index (χ3v) is 10.1. The first-order valence-corrected chi connectivity index (χ1v) is 17.6. The van der Waals surface area contributed by atoms with Crippen molar-refractivity contribution < 1.29 is 18.0 Å². The van der Waals surface area contributed by atoms with Gasteiger partial charge in [0.05, 0.1) is 20.6 Å². The smallest absolute Gasteiger partial charge is 0.264 e. The van der Waals surface area contributed by atoms with Gasteiger partial charge in [-0.1, -0.05) is 99.3 Å². The Hall–Kier alpha value is -3.37. The molecule has 1 atom stereocenters. The number of carbonyl (C=O) groups is 2. The molecule has 0 heterocycles. The van der Waals surface area contributed by atoms with Crippen molar-refractivity contribution in [3.63, 3.8) is 0 Å². The van der Waals surface area contributed by atoms with E-state index in [4.69, 9.17) is 23.2 Å². The molecule has 0 radical (unpaired) electrons. The van der Waals surface area contributed by atoms with E-state index in [1.165, 1.54) is 17.0 Å². The summed E-state index contributed by atoms with van der Waals surface area (Å²) in [6, 6.07) is 26.5. The molecular formula is C35H36BrCl2N3O4S. The topological polar surface area (TPSA) is 86.8 Å². The van der Waals surface area contributed by atoms with Crippen molar-refractivity contribution in [1.29, 1.82) is 0 Å². The number of nitrogens with zero attached hydrogens (tertiary/aromatic N) is 2. The highest BCUT2D eigenvalue weighted by Crippen LogP contribution is 2.28. The lowest BCUT2D eigenvalue weighted by Crippen LogP contribution is -2.56. The van der Waals surface area contributed by atoms with Crippen molar-refractivity contribution in [3.8, 4) is 0 Å². The minimum Gasteiger partial charge on any atom is -0.350 e. The average molecular weight is 746 g/mol. The molecule has 1 N–H and O–H groups in total. The van der Waals surface area contributed by atoms with Crippen molar-refractivity contribution in [2.75, 3.05) is 10.8 Å². The molecule has 4 aromatic carbocycles. The summed E-state index contributed by atoms with van der Waals surface area (Å²) in [5, 5.41) is 3.66. The van der Waals surface area contributed by atoms with Crippen LogP contribution in [0.3, 0.4) is 0 Å². The molecule has 7 nitrogen and oxygen atoms in total. The van der Waals surface area contributed by atoms with Gasteiger partial charge in [-0.05, 0) is 81.3 Å². The molecular weight excluding hydrogens is 709 g/mol. The SMILES string of the molecule is Cc1ccc(S(=O)(=O)N(CC(=O)N(Cc2ccc(Cl)c(Cl)c2)[C@H](Cc2ccccc2)C(=O)NC(C)(C)C)c2cccc(Br)c2)cc1. The zero-order chi connectivity index (χ0) is 33.6. The highest BCUT2D eigenvalue weighted by molar-refractivity contribution is 9.10. The molecule has 0 aliphatic heterocycles. The van der Waals surface area contributed by atoms with Crippen LogP contribution in [0, 0.1) is 6.92 Å². The molecule has 0 aliphatic rings. The van der Waals surface area contributed by atoms with E-state index in [9.17, 15) is 18.0 Å². The fourth-order valence-electron chi connectivity index (χ4n) is 4.84. The number of benzene rings is 4. The molecule has 0 aliphatic carbocycles. The maximum Gasteiger partial charge on any atom is 0.264 e. The van der Waals surface area contributed by atoms with E-state index in [0.29, 0.717) is 20.1 Å². The van der Waals surface area contributed by atoms with E-state index in [0.717, 1.165) is 15.4 Å². The summed E-state index contributed by atoms with van der Waals surface area (Å²) in [4.78, 5) is 30.0. The molecule has 46 heavy (non-hydrogen) atoms. The lowest BCUT2D eigenvalue weighted by atomic mass is 10.0. The molecule has 0 saturated heterocycles. The molecule has 0 fully saturated rings. The van der Waals surface area contributed by atoms with Gasteiger partial charge in [-0.25, -0.2) is 8.42 Å². The van der Waals surface area contributed by atoms with Crippen molar-refractivity contribution >= 4 is 66.7 Å². The van der Waals surface area contributed by atoms with Crippen LogP contribution in [0.1, 0.15) is 37.5 Å². The van der Waals surface area contributed by atoms with Gasteiger partial charge in [0.1, 0.15) is 12.6 Å². The highest BCUT2D eigenvalue weighted by atomic mass is 79.9. The molecule has 0 aromatic heterocycles. The minimum absolute atomic E-state index is 0.0261. The zero-order valence-electron chi connectivity index (χ0n) is 26.0. The molecule has 0 bridgehead atoms. The van der Waals surface area contributed by atoms with Crippen LogP contribution >= 0.6 is 39.1 Å². The van der Waals surface area contributed by atoms with Gasteiger partial charge >= 0.3 is 0 Å². The Labute approximate surface area is 289 Å². The summed E-state index contributed by atoms with van der Waals surface area (Å²) in [5.74, 6) is -0.952. The van der Waals surface area contributed by atoms with Crippen molar-refractivity contribution in [2.24, 2.45) is 0 Å². The predicted octanol–water partition coefficient (Wildman–Crippen LogP) is 7.81. The number of sulfonamides is 1.